The second kappa shape index (κ2) is 5.63. The highest BCUT2D eigenvalue weighted by molar-refractivity contribution is 7.10. The van der Waals surface area contributed by atoms with Crippen LogP contribution < -0.4 is 10.2 Å². The summed E-state index contributed by atoms with van der Waals surface area (Å²) in [5.74, 6) is 0.0749. The summed E-state index contributed by atoms with van der Waals surface area (Å²) in [6.07, 6.45) is 5.24. The minimum atomic E-state index is 0.0749. The van der Waals surface area contributed by atoms with Crippen molar-refractivity contribution in [1.29, 1.82) is 0 Å². The number of carbonyl (C=O) groups excluding carboxylic acids is 1. The smallest absolute Gasteiger partial charge is 0.222 e. The van der Waals surface area contributed by atoms with Crippen molar-refractivity contribution in [2.24, 2.45) is 0 Å². The van der Waals surface area contributed by atoms with Crippen molar-refractivity contribution in [3.8, 4) is 0 Å². The third-order valence-corrected chi connectivity index (χ3v) is 4.69. The number of carbonyl (C=O) groups is 1. The number of nitrogens with one attached hydrogen (secondary N) is 1. The molecule has 0 fully saturated rings. The molecule has 1 amide bonds. The quantitative estimate of drug-likeness (QED) is 0.939. The summed E-state index contributed by atoms with van der Waals surface area (Å²) in [6, 6.07) is 6.31. The minimum Gasteiger partial charge on any atom is -0.362 e. The van der Waals surface area contributed by atoms with Crippen LogP contribution in [0.3, 0.4) is 0 Å². The van der Waals surface area contributed by atoms with Crippen LogP contribution in [0.2, 0.25) is 0 Å². The Kier molecular flexibility index (Phi) is 3.69. The van der Waals surface area contributed by atoms with Gasteiger partial charge >= 0.3 is 0 Å². The lowest BCUT2D eigenvalue weighted by atomic mass is 10.1. The molecule has 0 saturated carbocycles. The molecule has 3 heterocycles. The van der Waals surface area contributed by atoms with Gasteiger partial charge in [-0.25, -0.2) is 0 Å². The predicted molar refractivity (Wildman–Crippen MR) is 81.0 cm³/mol. The third kappa shape index (κ3) is 2.41. The Labute approximate surface area is 122 Å². The molecule has 0 aromatic carbocycles. The number of hydrogen-bond acceptors (Lipinski definition) is 4. The lowest BCUT2D eigenvalue weighted by Crippen LogP contribution is -2.31. The van der Waals surface area contributed by atoms with Crippen LogP contribution >= 0.6 is 11.3 Å². The maximum absolute atomic E-state index is 11.8. The van der Waals surface area contributed by atoms with Crippen LogP contribution in [0.1, 0.15) is 22.9 Å². The number of aromatic nitrogens is 1. The lowest BCUT2D eigenvalue weighted by molar-refractivity contribution is -0.120. The number of anilines is 1. The molecule has 3 rings (SSSR count). The summed E-state index contributed by atoms with van der Waals surface area (Å²) in [4.78, 5) is 19.6. The Balaban J connectivity index is 1.93. The second-order valence-electron chi connectivity index (χ2n) is 4.86. The normalized spacial score (nSPS) is 14.9. The van der Waals surface area contributed by atoms with Gasteiger partial charge < -0.3 is 10.2 Å². The molecule has 20 heavy (non-hydrogen) atoms. The number of thiophene rings is 1. The molecule has 1 N–H and O–H groups in total. The van der Waals surface area contributed by atoms with Gasteiger partial charge in [0.05, 0.1) is 12.5 Å². The van der Waals surface area contributed by atoms with Gasteiger partial charge in [-0.1, -0.05) is 6.07 Å². The average Bonchev–Trinajstić information content (AvgIpc) is 3.14. The summed E-state index contributed by atoms with van der Waals surface area (Å²) >= 11 is 1.71. The zero-order valence-corrected chi connectivity index (χ0v) is 12.2. The van der Waals surface area contributed by atoms with Crippen LogP contribution in [-0.4, -0.2) is 24.5 Å². The molecule has 5 heteroatoms. The summed E-state index contributed by atoms with van der Waals surface area (Å²) in [6.45, 7) is 0.945. The van der Waals surface area contributed by atoms with Crippen molar-refractivity contribution in [2.45, 2.75) is 18.9 Å². The maximum atomic E-state index is 11.8. The Bertz CT molecular complexity index is 597. The summed E-state index contributed by atoms with van der Waals surface area (Å²) in [5.41, 5.74) is 2.48. The summed E-state index contributed by atoms with van der Waals surface area (Å²) in [5, 5.41) is 4.80. The Morgan fingerprint density at radius 1 is 1.55 bits per heavy atom. The fourth-order valence-corrected chi connectivity index (χ4v) is 3.54. The van der Waals surface area contributed by atoms with Crippen molar-refractivity contribution in [3.05, 3.63) is 46.4 Å². The standard InChI is InChI=1S/C15H17N3OS/c1-16-15(19)9-13(14-3-2-8-20-14)18-7-5-11-10-17-6-4-12(11)18/h2-4,6,8,10,13H,5,7,9H2,1H3,(H,16,19). The first-order chi connectivity index (χ1) is 9.79. The molecule has 0 radical (unpaired) electrons. The van der Waals surface area contributed by atoms with Gasteiger partial charge in [0.2, 0.25) is 5.91 Å². The Hall–Kier alpha value is -1.88. The topological polar surface area (TPSA) is 45.2 Å². The SMILES string of the molecule is CNC(=O)CC(c1cccs1)N1CCc2cnccc21. The van der Waals surface area contributed by atoms with Gasteiger partial charge in [-0.05, 0) is 29.5 Å². The highest BCUT2D eigenvalue weighted by Gasteiger charge is 2.29. The van der Waals surface area contributed by atoms with Gasteiger partial charge in [0.15, 0.2) is 0 Å². The minimum absolute atomic E-state index is 0.0749. The van der Waals surface area contributed by atoms with Crippen LogP contribution in [0.5, 0.6) is 0 Å². The summed E-state index contributed by atoms with van der Waals surface area (Å²) < 4.78 is 0. The van der Waals surface area contributed by atoms with Crippen molar-refractivity contribution in [1.82, 2.24) is 10.3 Å². The molecule has 2 aromatic heterocycles. The van der Waals surface area contributed by atoms with Gasteiger partial charge in [0.25, 0.3) is 0 Å². The van der Waals surface area contributed by atoms with Crippen LogP contribution in [-0.2, 0) is 11.2 Å². The van der Waals surface area contributed by atoms with Gasteiger partial charge in [-0.15, -0.1) is 11.3 Å². The van der Waals surface area contributed by atoms with E-state index in [1.165, 1.54) is 16.1 Å². The number of nitrogens with zero attached hydrogens (tertiary/aromatic N) is 2. The van der Waals surface area contributed by atoms with Gasteiger partial charge in [0, 0.05) is 36.6 Å². The first-order valence-corrected chi connectivity index (χ1v) is 7.61. The average molecular weight is 287 g/mol. The maximum Gasteiger partial charge on any atom is 0.222 e. The fraction of sp³-hybridized carbons (Fsp3) is 0.333. The van der Waals surface area contributed by atoms with E-state index in [1.807, 2.05) is 24.5 Å². The first kappa shape index (κ1) is 13.1. The van der Waals surface area contributed by atoms with E-state index in [-0.39, 0.29) is 11.9 Å². The zero-order chi connectivity index (χ0) is 13.9. The van der Waals surface area contributed by atoms with Gasteiger partial charge in [-0.2, -0.15) is 0 Å². The highest BCUT2D eigenvalue weighted by atomic mass is 32.1. The van der Waals surface area contributed by atoms with Gasteiger partial charge in [-0.3, -0.25) is 9.78 Å². The number of rotatable bonds is 4. The van der Waals surface area contributed by atoms with Crippen molar-refractivity contribution < 1.29 is 4.79 Å². The number of hydrogen-bond donors (Lipinski definition) is 1. The molecule has 4 nitrogen and oxygen atoms in total. The molecule has 1 unspecified atom stereocenters. The summed E-state index contributed by atoms with van der Waals surface area (Å²) in [7, 11) is 1.69. The fourth-order valence-electron chi connectivity index (χ4n) is 2.70. The van der Waals surface area contributed by atoms with E-state index in [0.29, 0.717) is 6.42 Å². The van der Waals surface area contributed by atoms with Crippen LogP contribution in [0.15, 0.2) is 36.0 Å². The molecule has 0 aliphatic carbocycles. The van der Waals surface area contributed by atoms with E-state index in [1.54, 1.807) is 18.4 Å². The number of pyridine rings is 1. The van der Waals surface area contributed by atoms with Crippen LogP contribution in [0, 0.1) is 0 Å². The van der Waals surface area contributed by atoms with Crippen molar-refractivity contribution in [3.63, 3.8) is 0 Å². The largest absolute Gasteiger partial charge is 0.362 e. The molecule has 104 valence electrons. The molecular formula is C15H17N3OS. The molecule has 1 atom stereocenters. The first-order valence-electron chi connectivity index (χ1n) is 6.73. The van der Waals surface area contributed by atoms with E-state index in [4.69, 9.17) is 0 Å². The van der Waals surface area contributed by atoms with E-state index >= 15 is 0 Å². The Morgan fingerprint density at radius 2 is 2.45 bits per heavy atom. The lowest BCUT2D eigenvalue weighted by Gasteiger charge is -2.29. The second-order valence-corrected chi connectivity index (χ2v) is 5.84. The number of fused-ring (bicyclic) bond motifs is 1. The van der Waals surface area contributed by atoms with E-state index < -0.39 is 0 Å². The van der Waals surface area contributed by atoms with Crippen molar-refractivity contribution >= 4 is 22.9 Å². The molecule has 0 bridgehead atoms. The van der Waals surface area contributed by atoms with Crippen molar-refractivity contribution in [2.75, 3.05) is 18.5 Å². The van der Waals surface area contributed by atoms with Gasteiger partial charge in [0.1, 0.15) is 0 Å². The highest BCUT2D eigenvalue weighted by Crippen LogP contribution is 2.37. The van der Waals surface area contributed by atoms with E-state index in [9.17, 15) is 4.79 Å². The monoisotopic (exact) mass is 287 g/mol. The molecular weight excluding hydrogens is 270 g/mol. The molecule has 0 saturated heterocycles. The van der Waals surface area contributed by atoms with Crippen LogP contribution in [0.4, 0.5) is 5.69 Å². The molecule has 0 spiro atoms. The van der Waals surface area contributed by atoms with E-state index in [2.05, 4.69) is 26.6 Å². The molecule has 1 aliphatic rings. The molecule has 1 aliphatic heterocycles. The van der Waals surface area contributed by atoms with Crippen LogP contribution in [0.25, 0.3) is 0 Å². The number of amides is 1. The predicted octanol–water partition coefficient (Wildman–Crippen LogP) is 2.38. The van der Waals surface area contributed by atoms with E-state index in [0.717, 1.165) is 13.0 Å². The zero-order valence-electron chi connectivity index (χ0n) is 11.4. The molecule has 2 aromatic rings. The third-order valence-electron chi connectivity index (χ3n) is 3.71. The Morgan fingerprint density at radius 3 is 3.20 bits per heavy atom.